The third-order valence-corrected chi connectivity index (χ3v) is 22.7. The third kappa shape index (κ3) is 82.1. The van der Waals surface area contributed by atoms with Gasteiger partial charge in [-0.3, -0.25) is 37.3 Å². The Labute approximate surface area is 664 Å². The van der Waals surface area contributed by atoms with E-state index in [0.29, 0.717) is 31.6 Å². The third-order valence-electron chi connectivity index (χ3n) is 20.8. The highest BCUT2D eigenvalue weighted by Crippen LogP contribution is 2.45. The first-order valence-electron chi connectivity index (χ1n) is 45.7. The van der Waals surface area contributed by atoms with Crippen molar-refractivity contribution in [2.75, 3.05) is 39.6 Å². The summed E-state index contributed by atoms with van der Waals surface area (Å²) in [4.78, 5) is 73.3. The number of aliphatic hydroxyl groups excluding tert-OH is 1. The van der Waals surface area contributed by atoms with Crippen molar-refractivity contribution in [3.63, 3.8) is 0 Å². The minimum absolute atomic E-state index is 0.106. The van der Waals surface area contributed by atoms with Crippen molar-refractivity contribution < 1.29 is 80.2 Å². The number of ether oxygens (including phenoxy) is 4. The zero-order valence-electron chi connectivity index (χ0n) is 71.5. The standard InChI is InChI=1S/C89H174O17P2/c1-79(2)65-57-49-41-34-28-22-17-13-9-11-15-19-25-31-37-45-53-61-69-86(91)99-75-84(105-88(93)71-63-55-46-38-32-26-20-16-12-10-14-18-23-29-35-42-50-58-66-80(3)4)77-103-107(95,96)101-73-83(90)74-102-108(97,98)104-78-85(76-100-87(92)70-62-54-48-40-44-52-60-68-82(7)8)106-89(94)72-64-56-47-39-33-27-21-24-30-36-43-51-59-67-81(5)6/h79-85,90H,9-78H2,1-8H3,(H,95,96)(H,97,98)/t83?,84-,85-/m1/s1. The SMILES string of the molecule is CC(C)CCCCCCCCCCCCCCCCCCCCC(=O)OC[C@H](COP(=O)(O)OCC(O)COP(=O)(O)OC[C@@H](COC(=O)CCCCCCCCCC(C)C)OC(=O)CCCCCCCCCCCCCCCC(C)C)OC(=O)CCCCCCCCCCCCCCCCCCCCC(C)C. The molecule has 0 aliphatic heterocycles. The Balaban J connectivity index is 5.22. The van der Waals surface area contributed by atoms with E-state index in [1.54, 1.807) is 0 Å². The molecule has 0 fully saturated rings. The van der Waals surface area contributed by atoms with Crippen LogP contribution in [0, 0.1) is 23.7 Å². The van der Waals surface area contributed by atoms with Gasteiger partial charge in [-0.2, -0.15) is 0 Å². The van der Waals surface area contributed by atoms with Crippen molar-refractivity contribution in [1.82, 2.24) is 0 Å². The summed E-state index contributed by atoms with van der Waals surface area (Å²) in [6.45, 7) is 14.3. The molecular formula is C89H174O17P2. The summed E-state index contributed by atoms with van der Waals surface area (Å²) in [6.07, 6.45) is 68.2. The number of carbonyl (C=O) groups excluding carboxylic acids is 4. The summed E-state index contributed by atoms with van der Waals surface area (Å²) >= 11 is 0. The van der Waals surface area contributed by atoms with Gasteiger partial charge >= 0.3 is 39.5 Å². The van der Waals surface area contributed by atoms with Gasteiger partial charge in [0.25, 0.3) is 0 Å². The van der Waals surface area contributed by atoms with Crippen LogP contribution in [0.25, 0.3) is 0 Å². The van der Waals surface area contributed by atoms with Crippen LogP contribution in [-0.4, -0.2) is 96.7 Å². The molecule has 0 rings (SSSR count). The number of carbonyl (C=O) groups is 4. The van der Waals surface area contributed by atoms with E-state index < -0.39 is 97.5 Å². The minimum Gasteiger partial charge on any atom is -0.462 e. The predicted molar refractivity (Wildman–Crippen MR) is 446 cm³/mol. The maximum Gasteiger partial charge on any atom is 0.472 e. The number of hydrogen-bond donors (Lipinski definition) is 3. The van der Waals surface area contributed by atoms with E-state index in [2.05, 4.69) is 55.4 Å². The first-order chi connectivity index (χ1) is 52.1. The molecule has 0 aliphatic carbocycles. The average Bonchev–Trinajstić information content (AvgIpc) is 0.900. The van der Waals surface area contributed by atoms with E-state index in [1.807, 2.05) is 0 Å². The second-order valence-corrected chi connectivity index (χ2v) is 36.8. The van der Waals surface area contributed by atoms with Crippen molar-refractivity contribution in [1.29, 1.82) is 0 Å². The summed E-state index contributed by atoms with van der Waals surface area (Å²) in [5, 5.41) is 10.7. The molecule has 0 aliphatic rings. The van der Waals surface area contributed by atoms with Gasteiger partial charge in [-0.15, -0.1) is 0 Å². The number of hydrogen-bond acceptors (Lipinski definition) is 15. The zero-order chi connectivity index (χ0) is 79.5. The summed E-state index contributed by atoms with van der Waals surface area (Å²) < 4.78 is 69.0. The molecule has 5 atom stereocenters. The van der Waals surface area contributed by atoms with Gasteiger partial charge in [0, 0.05) is 25.7 Å². The van der Waals surface area contributed by atoms with E-state index in [1.165, 1.54) is 263 Å². The second kappa shape index (κ2) is 77.6. The van der Waals surface area contributed by atoms with Crippen LogP contribution in [0.4, 0.5) is 0 Å². The fraction of sp³-hybridized carbons (Fsp3) is 0.955. The van der Waals surface area contributed by atoms with E-state index >= 15 is 0 Å². The molecule has 3 N–H and O–H groups in total. The van der Waals surface area contributed by atoms with Gasteiger partial charge in [0.2, 0.25) is 0 Å². The Bertz CT molecular complexity index is 2090. The fourth-order valence-electron chi connectivity index (χ4n) is 13.8. The van der Waals surface area contributed by atoms with Crippen molar-refractivity contribution in [3.8, 4) is 0 Å². The molecule has 19 heteroatoms. The molecule has 0 radical (unpaired) electrons. The maximum absolute atomic E-state index is 13.2. The van der Waals surface area contributed by atoms with Crippen molar-refractivity contribution in [3.05, 3.63) is 0 Å². The molecule has 0 spiro atoms. The van der Waals surface area contributed by atoms with Crippen molar-refractivity contribution >= 4 is 39.5 Å². The highest BCUT2D eigenvalue weighted by Gasteiger charge is 2.31. The van der Waals surface area contributed by atoms with Gasteiger partial charge in [-0.05, 0) is 49.4 Å². The number of unbranched alkanes of at least 4 members (excludes halogenated alkanes) is 52. The summed E-state index contributed by atoms with van der Waals surface area (Å²) in [5.74, 6) is 1.03. The number of aliphatic hydroxyl groups is 1. The van der Waals surface area contributed by atoms with E-state index in [-0.39, 0.29) is 25.7 Å². The normalized spacial score (nSPS) is 13.9. The zero-order valence-corrected chi connectivity index (χ0v) is 73.3. The molecule has 0 aromatic rings. The van der Waals surface area contributed by atoms with Gasteiger partial charge in [0.05, 0.1) is 26.4 Å². The lowest BCUT2D eigenvalue weighted by atomic mass is 10.0. The quantitative estimate of drug-likeness (QED) is 0.0222. The van der Waals surface area contributed by atoms with Crippen LogP contribution in [0.2, 0.25) is 0 Å². The molecule has 0 saturated heterocycles. The smallest absolute Gasteiger partial charge is 0.462 e. The highest BCUT2D eigenvalue weighted by atomic mass is 31.2. The molecule has 0 aromatic heterocycles. The molecule has 642 valence electrons. The van der Waals surface area contributed by atoms with Gasteiger partial charge in [-0.1, -0.05) is 415 Å². The lowest BCUT2D eigenvalue weighted by Gasteiger charge is -2.21. The molecule has 0 bridgehead atoms. The number of phosphoric ester groups is 2. The van der Waals surface area contributed by atoms with Crippen LogP contribution in [0.3, 0.4) is 0 Å². The first-order valence-corrected chi connectivity index (χ1v) is 48.7. The summed E-state index contributed by atoms with van der Waals surface area (Å²) in [6, 6.07) is 0. The lowest BCUT2D eigenvalue weighted by Crippen LogP contribution is -2.30. The van der Waals surface area contributed by atoms with E-state index in [4.69, 9.17) is 37.0 Å². The average molecular weight is 1580 g/mol. The minimum atomic E-state index is -4.97. The van der Waals surface area contributed by atoms with Crippen molar-refractivity contribution in [2.24, 2.45) is 23.7 Å². The molecule has 0 saturated carbocycles. The van der Waals surface area contributed by atoms with Gasteiger partial charge in [0.15, 0.2) is 12.2 Å². The topological polar surface area (TPSA) is 237 Å². The molecule has 0 aromatic carbocycles. The molecule has 17 nitrogen and oxygen atoms in total. The fourth-order valence-corrected chi connectivity index (χ4v) is 15.4. The Morgan fingerprint density at radius 1 is 0.231 bits per heavy atom. The predicted octanol–water partition coefficient (Wildman–Crippen LogP) is 27.1. The number of rotatable bonds is 86. The van der Waals surface area contributed by atoms with E-state index in [0.717, 1.165) is 114 Å². The molecular weight excluding hydrogens is 1400 g/mol. The van der Waals surface area contributed by atoms with Crippen molar-refractivity contribution in [2.45, 2.75) is 485 Å². The monoisotopic (exact) mass is 1580 g/mol. The van der Waals surface area contributed by atoms with E-state index in [9.17, 15) is 43.2 Å². The molecule has 108 heavy (non-hydrogen) atoms. The van der Waals surface area contributed by atoms with Crippen LogP contribution in [0.5, 0.6) is 0 Å². The summed E-state index contributed by atoms with van der Waals surface area (Å²) in [5.41, 5.74) is 0. The Hall–Kier alpha value is -1.94. The van der Waals surface area contributed by atoms with Crippen LogP contribution in [0.1, 0.15) is 466 Å². The second-order valence-electron chi connectivity index (χ2n) is 33.9. The van der Waals surface area contributed by atoms with Crippen LogP contribution >= 0.6 is 15.6 Å². The van der Waals surface area contributed by atoms with Gasteiger partial charge < -0.3 is 33.8 Å². The lowest BCUT2D eigenvalue weighted by molar-refractivity contribution is -0.161. The molecule has 3 unspecified atom stereocenters. The van der Waals surface area contributed by atoms with Crippen LogP contribution in [-0.2, 0) is 65.4 Å². The van der Waals surface area contributed by atoms with Crippen LogP contribution in [0.15, 0.2) is 0 Å². The largest absolute Gasteiger partial charge is 0.472 e. The maximum atomic E-state index is 13.2. The Kier molecular flexibility index (Phi) is 76.2. The molecule has 0 heterocycles. The van der Waals surface area contributed by atoms with Gasteiger partial charge in [-0.25, -0.2) is 9.13 Å². The first kappa shape index (κ1) is 106. The number of esters is 4. The van der Waals surface area contributed by atoms with Gasteiger partial charge in [0.1, 0.15) is 19.3 Å². The van der Waals surface area contributed by atoms with Crippen LogP contribution < -0.4 is 0 Å². The Morgan fingerprint density at radius 2 is 0.389 bits per heavy atom. The number of phosphoric acid groups is 2. The summed E-state index contributed by atoms with van der Waals surface area (Å²) in [7, 11) is -9.93. The molecule has 0 amide bonds. The highest BCUT2D eigenvalue weighted by molar-refractivity contribution is 7.47. The Morgan fingerprint density at radius 3 is 0.574 bits per heavy atom.